The van der Waals surface area contributed by atoms with Crippen LogP contribution in [0.3, 0.4) is 0 Å². The molecule has 2 aliphatic rings. The van der Waals surface area contributed by atoms with E-state index >= 15 is 0 Å². The van der Waals surface area contributed by atoms with Gasteiger partial charge in [0.2, 0.25) is 0 Å². The Hall–Kier alpha value is -1.69. The molecule has 2 aromatic heterocycles. The van der Waals surface area contributed by atoms with Gasteiger partial charge < -0.3 is 15.2 Å². The van der Waals surface area contributed by atoms with E-state index in [2.05, 4.69) is 30.2 Å². The molecule has 2 saturated heterocycles. The molecular weight excluding hydrogens is 216 g/mol. The Morgan fingerprint density at radius 1 is 1.24 bits per heavy atom. The number of rotatable bonds is 1. The molecule has 17 heavy (non-hydrogen) atoms. The zero-order chi connectivity index (χ0) is 11.2. The summed E-state index contributed by atoms with van der Waals surface area (Å²) < 4.78 is 0. The number of aromatic nitrogens is 4. The number of hydrogen-bond donors (Lipinski definition) is 2. The van der Waals surface area contributed by atoms with Crippen LogP contribution in [-0.4, -0.2) is 45.6 Å². The first-order chi connectivity index (χ1) is 8.43. The molecule has 0 radical (unpaired) electrons. The van der Waals surface area contributed by atoms with E-state index in [0.29, 0.717) is 6.04 Å². The van der Waals surface area contributed by atoms with Gasteiger partial charge in [0.1, 0.15) is 11.8 Å². The second-order valence-electron chi connectivity index (χ2n) is 4.77. The average Bonchev–Trinajstić information content (AvgIpc) is 3.04. The minimum Gasteiger partial charge on any atom is -0.350 e. The standard InChI is InChI=1S/C11H14N6/c1-2-17(8-4-12-3-7(1)8)11-9-10(14-5-13-9)15-6-16-11/h5-8,12H,1-4H2,(H,13,14,15,16)/t7-,8+/m0/s1. The third-order valence-corrected chi connectivity index (χ3v) is 3.92. The lowest BCUT2D eigenvalue weighted by molar-refractivity contribution is 0.577. The first-order valence-electron chi connectivity index (χ1n) is 6.05. The summed E-state index contributed by atoms with van der Waals surface area (Å²) >= 11 is 0. The Bertz CT molecular complexity index is 550. The Kier molecular flexibility index (Phi) is 1.87. The van der Waals surface area contributed by atoms with Crippen molar-refractivity contribution >= 4 is 17.0 Å². The Morgan fingerprint density at radius 2 is 2.24 bits per heavy atom. The van der Waals surface area contributed by atoms with E-state index in [9.17, 15) is 0 Å². The highest BCUT2D eigenvalue weighted by molar-refractivity contribution is 5.83. The van der Waals surface area contributed by atoms with Gasteiger partial charge in [0.05, 0.1) is 6.33 Å². The molecule has 0 unspecified atom stereocenters. The SMILES string of the molecule is c1nc(N2CC[C@H]3CNC[C@H]32)c2[nH]cnc2n1. The molecule has 6 nitrogen and oxygen atoms in total. The highest BCUT2D eigenvalue weighted by Crippen LogP contribution is 2.32. The van der Waals surface area contributed by atoms with E-state index in [1.165, 1.54) is 6.42 Å². The first-order valence-corrected chi connectivity index (χ1v) is 6.05. The molecule has 0 aromatic carbocycles. The molecule has 0 amide bonds. The summed E-state index contributed by atoms with van der Waals surface area (Å²) in [4.78, 5) is 18.3. The smallest absolute Gasteiger partial charge is 0.182 e. The summed E-state index contributed by atoms with van der Waals surface area (Å²) in [5, 5.41) is 3.46. The summed E-state index contributed by atoms with van der Waals surface area (Å²) in [7, 11) is 0. The lowest BCUT2D eigenvalue weighted by atomic mass is 10.1. The van der Waals surface area contributed by atoms with Gasteiger partial charge in [-0.25, -0.2) is 15.0 Å². The van der Waals surface area contributed by atoms with Gasteiger partial charge in [-0.15, -0.1) is 0 Å². The summed E-state index contributed by atoms with van der Waals surface area (Å²) in [5.74, 6) is 1.77. The van der Waals surface area contributed by atoms with Crippen LogP contribution in [0.5, 0.6) is 0 Å². The molecule has 0 bridgehead atoms. The Balaban J connectivity index is 1.81. The van der Waals surface area contributed by atoms with E-state index in [1.54, 1.807) is 12.7 Å². The van der Waals surface area contributed by atoms with Crippen LogP contribution >= 0.6 is 0 Å². The van der Waals surface area contributed by atoms with Gasteiger partial charge in [-0.1, -0.05) is 0 Å². The normalized spacial score (nSPS) is 27.9. The number of anilines is 1. The van der Waals surface area contributed by atoms with Crippen molar-refractivity contribution in [2.75, 3.05) is 24.5 Å². The molecule has 0 spiro atoms. The highest BCUT2D eigenvalue weighted by atomic mass is 15.3. The number of aromatic amines is 1. The second kappa shape index (κ2) is 3.40. The van der Waals surface area contributed by atoms with Gasteiger partial charge in [-0.2, -0.15) is 0 Å². The predicted molar refractivity (Wildman–Crippen MR) is 63.8 cm³/mol. The fourth-order valence-electron chi connectivity index (χ4n) is 3.08. The van der Waals surface area contributed by atoms with E-state index in [4.69, 9.17) is 0 Å². The molecule has 6 heteroatoms. The van der Waals surface area contributed by atoms with Crippen molar-refractivity contribution in [3.8, 4) is 0 Å². The third kappa shape index (κ3) is 1.27. The lowest BCUT2D eigenvalue weighted by Crippen LogP contribution is -2.34. The van der Waals surface area contributed by atoms with Crippen molar-refractivity contribution in [3.05, 3.63) is 12.7 Å². The van der Waals surface area contributed by atoms with E-state index in [0.717, 1.165) is 42.5 Å². The molecule has 2 atom stereocenters. The first kappa shape index (κ1) is 9.35. The average molecular weight is 230 g/mol. The van der Waals surface area contributed by atoms with Gasteiger partial charge in [-0.05, 0) is 12.3 Å². The summed E-state index contributed by atoms with van der Waals surface area (Å²) in [6.45, 7) is 3.28. The number of fused-ring (bicyclic) bond motifs is 2. The minimum atomic E-state index is 0.580. The summed E-state index contributed by atoms with van der Waals surface area (Å²) in [6, 6.07) is 0.580. The molecule has 2 aromatic rings. The van der Waals surface area contributed by atoms with Crippen LogP contribution in [0.1, 0.15) is 6.42 Å². The predicted octanol–water partition coefficient (Wildman–Crippen LogP) is 0.151. The molecular formula is C11H14N6. The van der Waals surface area contributed by atoms with Gasteiger partial charge in [-0.3, -0.25) is 0 Å². The number of hydrogen-bond acceptors (Lipinski definition) is 5. The van der Waals surface area contributed by atoms with Crippen molar-refractivity contribution in [3.63, 3.8) is 0 Å². The molecule has 0 saturated carbocycles. The van der Waals surface area contributed by atoms with Crippen LogP contribution in [0.2, 0.25) is 0 Å². The second-order valence-corrected chi connectivity index (χ2v) is 4.77. The number of nitrogens with zero attached hydrogens (tertiary/aromatic N) is 4. The fraction of sp³-hybridized carbons (Fsp3) is 0.545. The highest BCUT2D eigenvalue weighted by Gasteiger charge is 2.38. The van der Waals surface area contributed by atoms with Crippen LogP contribution in [-0.2, 0) is 0 Å². The molecule has 4 heterocycles. The van der Waals surface area contributed by atoms with Gasteiger partial charge in [0.25, 0.3) is 0 Å². The fourth-order valence-corrected chi connectivity index (χ4v) is 3.08. The summed E-state index contributed by atoms with van der Waals surface area (Å²) in [5.41, 5.74) is 1.71. The maximum absolute atomic E-state index is 4.44. The zero-order valence-electron chi connectivity index (χ0n) is 9.43. The number of nitrogens with one attached hydrogen (secondary N) is 2. The van der Waals surface area contributed by atoms with Crippen molar-refractivity contribution in [1.29, 1.82) is 0 Å². The van der Waals surface area contributed by atoms with Crippen LogP contribution < -0.4 is 10.2 Å². The van der Waals surface area contributed by atoms with Crippen LogP contribution in [0.25, 0.3) is 11.2 Å². The van der Waals surface area contributed by atoms with E-state index in [1.807, 2.05) is 0 Å². The minimum absolute atomic E-state index is 0.580. The number of H-pyrrole nitrogens is 1. The molecule has 2 aliphatic heterocycles. The third-order valence-electron chi connectivity index (χ3n) is 3.92. The van der Waals surface area contributed by atoms with Crippen LogP contribution in [0, 0.1) is 5.92 Å². The maximum Gasteiger partial charge on any atom is 0.182 e. The van der Waals surface area contributed by atoms with Crippen LogP contribution in [0.4, 0.5) is 5.82 Å². The zero-order valence-corrected chi connectivity index (χ0v) is 9.43. The monoisotopic (exact) mass is 230 g/mol. The molecule has 2 N–H and O–H groups in total. The largest absolute Gasteiger partial charge is 0.350 e. The lowest BCUT2D eigenvalue weighted by Gasteiger charge is -2.24. The van der Waals surface area contributed by atoms with Crippen molar-refractivity contribution in [1.82, 2.24) is 25.3 Å². The van der Waals surface area contributed by atoms with Gasteiger partial charge >= 0.3 is 0 Å². The molecule has 0 aliphatic carbocycles. The van der Waals surface area contributed by atoms with Crippen LogP contribution in [0.15, 0.2) is 12.7 Å². The number of imidazole rings is 1. The molecule has 88 valence electrons. The van der Waals surface area contributed by atoms with Crippen molar-refractivity contribution in [2.24, 2.45) is 5.92 Å². The van der Waals surface area contributed by atoms with E-state index in [-0.39, 0.29) is 0 Å². The Morgan fingerprint density at radius 3 is 3.24 bits per heavy atom. The van der Waals surface area contributed by atoms with Gasteiger partial charge in [0, 0.05) is 25.7 Å². The Labute approximate surface area is 98.5 Å². The topological polar surface area (TPSA) is 69.7 Å². The van der Waals surface area contributed by atoms with Crippen molar-refractivity contribution < 1.29 is 0 Å². The molecule has 2 fully saturated rings. The van der Waals surface area contributed by atoms with Gasteiger partial charge in [0.15, 0.2) is 11.5 Å². The maximum atomic E-state index is 4.44. The van der Waals surface area contributed by atoms with Crippen molar-refractivity contribution in [2.45, 2.75) is 12.5 Å². The molecule has 4 rings (SSSR count). The summed E-state index contributed by atoms with van der Waals surface area (Å²) in [6.07, 6.45) is 4.54. The quantitative estimate of drug-likeness (QED) is 0.730. The van der Waals surface area contributed by atoms with E-state index < -0.39 is 0 Å².